The third kappa shape index (κ3) is 4.89. The Morgan fingerprint density at radius 1 is 1.07 bits per heavy atom. The number of ether oxygens (including phenoxy) is 2. The lowest BCUT2D eigenvalue weighted by Crippen LogP contribution is -2.44. The number of likely N-dealkylation sites (tertiary alicyclic amines) is 1. The van der Waals surface area contributed by atoms with Crippen molar-refractivity contribution in [3.8, 4) is 11.5 Å². The monoisotopic (exact) mass is 429 g/mol. The van der Waals surface area contributed by atoms with Crippen LogP contribution in [-0.2, 0) is 6.54 Å². The minimum absolute atomic E-state index is 0. The van der Waals surface area contributed by atoms with Crippen LogP contribution >= 0.6 is 12.4 Å². The average Bonchev–Trinajstić information content (AvgIpc) is 3.23. The Kier molecular flexibility index (Phi) is 7.24. The largest absolute Gasteiger partial charge is 0.493 e. The van der Waals surface area contributed by atoms with Crippen molar-refractivity contribution >= 4 is 29.2 Å². The fourth-order valence-corrected chi connectivity index (χ4v) is 3.94. The molecule has 1 aromatic heterocycles. The van der Waals surface area contributed by atoms with Gasteiger partial charge in [0.05, 0.1) is 14.2 Å². The summed E-state index contributed by atoms with van der Waals surface area (Å²) in [5.41, 5.74) is 2.96. The zero-order chi connectivity index (χ0) is 20.2. The summed E-state index contributed by atoms with van der Waals surface area (Å²) in [6.45, 7) is 2.78. The molecule has 1 amide bonds. The minimum atomic E-state index is 0. The number of aromatic nitrogens is 1. The number of piperidine rings is 1. The van der Waals surface area contributed by atoms with Crippen LogP contribution < -0.4 is 14.8 Å². The second-order valence-electron chi connectivity index (χ2n) is 7.49. The molecule has 0 aliphatic carbocycles. The molecule has 1 aliphatic rings. The van der Waals surface area contributed by atoms with Crippen LogP contribution in [0.1, 0.15) is 28.8 Å². The molecule has 1 saturated heterocycles. The van der Waals surface area contributed by atoms with E-state index >= 15 is 0 Å². The van der Waals surface area contributed by atoms with Crippen molar-refractivity contribution < 1.29 is 14.3 Å². The summed E-state index contributed by atoms with van der Waals surface area (Å²) in [6.07, 6.45) is 3.79. The van der Waals surface area contributed by atoms with E-state index in [1.165, 1.54) is 5.56 Å². The molecular formula is C23H28ClN3O3. The number of hydrogen-bond acceptors (Lipinski definition) is 4. The van der Waals surface area contributed by atoms with Gasteiger partial charge in [-0.25, -0.2) is 0 Å². The van der Waals surface area contributed by atoms with Gasteiger partial charge in [0.25, 0.3) is 5.91 Å². The van der Waals surface area contributed by atoms with Crippen LogP contribution in [0, 0.1) is 0 Å². The van der Waals surface area contributed by atoms with Crippen LogP contribution in [0.3, 0.4) is 0 Å². The summed E-state index contributed by atoms with van der Waals surface area (Å²) in [5.74, 6) is 1.51. The third-order valence-corrected chi connectivity index (χ3v) is 5.59. The number of amides is 1. The van der Waals surface area contributed by atoms with Gasteiger partial charge in [0, 0.05) is 48.3 Å². The van der Waals surface area contributed by atoms with E-state index in [0.717, 1.165) is 54.9 Å². The predicted octanol–water partition coefficient (Wildman–Crippen LogP) is 4.00. The fourth-order valence-electron chi connectivity index (χ4n) is 3.94. The lowest BCUT2D eigenvalue weighted by Gasteiger charge is -2.32. The highest BCUT2D eigenvalue weighted by atomic mass is 35.5. The molecule has 160 valence electrons. The van der Waals surface area contributed by atoms with Crippen molar-refractivity contribution in [3.05, 3.63) is 59.8 Å². The minimum Gasteiger partial charge on any atom is -0.493 e. The van der Waals surface area contributed by atoms with E-state index in [4.69, 9.17) is 9.47 Å². The van der Waals surface area contributed by atoms with E-state index < -0.39 is 0 Å². The maximum atomic E-state index is 12.6. The summed E-state index contributed by atoms with van der Waals surface area (Å²) in [5, 5.41) is 4.26. The Balaban J connectivity index is 0.00000256. The number of aromatic amines is 1. The van der Waals surface area contributed by atoms with Crippen molar-refractivity contribution in [2.75, 3.05) is 27.3 Å². The first-order chi connectivity index (χ1) is 14.2. The zero-order valence-corrected chi connectivity index (χ0v) is 18.1. The highest BCUT2D eigenvalue weighted by Gasteiger charge is 2.21. The summed E-state index contributed by atoms with van der Waals surface area (Å²) >= 11 is 0. The molecule has 30 heavy (non-hydrogen) atoms. The molecule has 1 fully saturated rings. The summed E-state index contributed by atoms with van der Waals surface area (Å²) in [7, 11) is 3.30. The molecule has 2 N–H and O–H groups in total. The summed E-state index contributed by atoms with van der Waals surface area (Å²) < 4.78 is 10.7. The number of H-pyrrole nitrogens is 1. The smallest absolute Gasteiger partial charge is 0.251 e. The van der Waals surface area contributed by atoms with Gasteiger partial charge in [-0.1, -0.05) is 6.07 Å². The van der Waals surface area contributed by atoms with Gasteiger partial charge in [-0.2, -0.15) is 0 Å². The van der Waals surface area contributed by atoms with Crippen LogP contribution in [0.2, 0.25) is 0 Å². The number of hydrogen-bond donors (Lipinski definition) is 2. The molecule has 0 saturated carbocycles. The highest BCUT2D eigenvalue weighted by Crippen LogP contribution is 2.28. The zero-order valence-electron chi connectivity index (χ0n) is 17.3. The number of carbonyl (C=O) groups is 1. The Bertz CT molecular complexity index is 996. The molecule has 0 bridgehead atoms. The number of nitrogens with zero attached hydrogens (tertiary/aromatic N) is 1. The summed E-state index contributed by atoms with van der Waals surface area (Å²) in [4.78, 5) is 18.2. The molecule has 1 aliphatic heterocycles. The quantitative estimate of drug-likeness (QED) is 0.621. The van der Waals surface area contributed by atoms with Gasteiger partial charge in [0.1, 0.15) is 0 Å². The molecule has 0 radical (unpaired) electrons. The number of nitrogens with one attached hydrogen (secondary N) is 2. The van der Waals surface area contributed by atoms with Crippen molar-refractivity contribution in [1.82, 2.24) is 15.2 Å². The lowest BCUT2D eigenvalue weighted by atomic mass is 10.0. The van der Waals surface area contributed by atoms with Crippen LogP contribution in [0.15, 0.2) is 48.7 Å². The first kappa shape index (κ1) is 22.0. The van der Waals surface area contributed by atoms with Gasteiger partial charge in [-0.15, -0.1) is 12.4 Å². The average molecular weight is 430 g/mol. The maximum Gasteiger partial charge on any atom is 0.251 e. The molecular weight excluding hydrogens is 402 g/mol. The van der Waals surface area contributed by atoms with Gasteiger partial charge >= 0.3 is 0 Å². The van der Waals surface area contributed by atoms with E-state index in [1.807, 2.05) is 42.6 Å². The van der Waals surface area contributed by atoms with Crippen LogP contribution in [0.5, 0.6) is 11.5 Å². The maximum absolute atomic E-state index is 12.6. The van der Waals surface area contributed by atoms with Gasteiger partial charge < -0.3 is 19.8 Å². The van der Waals surface area contributed by atoms with Crippen molar-refractivity contribution in [1.29, 1.82) is 0 Å². The van der Waals surface area contributed by atoms with Gasteiger partial charge in [0.15, 0.2) is 11.5 Å². The first-order valence-corrected chi connectivity index (χ1v) is 9.97. The molecule has 3 aromatic rings. The number of benzene rings is 2. The molecule has 0 atom stereocenters. The number of rotatable bonds is 6. The number of methoxy groups -OCH3 is 2. The molecule has 0 spiro atoms. The van der Waals surface area contributed by atoms with Crippen LogP contribution in [-0.4, -0.2) is 49.1 Å². The molecule has 2 heterocycles. The van der Waals surface area contributed by atoms with E-state index in [0.29, 0.717) is 5.56 Å². The predicted molar refractivity (Wildman–Crippen MR) is 121 cm³/mol. The standard InChI is InChI=1S/C23H27N3O3.ClH/c1-28-21-6-3-16(13-22(21)29-2)15-26-11-8-19(9-12-26)25-23(27)18-4-5-20-17(14-18)7-10-24-20;/h3-7,10,13-14,19,24H,8-9,11-12,15H2,1-2H3,(H,25,27);1H. The van der Waals surface area contributed by atoms with Crippen molar-refractivity contribution in [2.24, 2.45) is 0 Å². The Morgan fingerprint density at radius 3 is 2.57 bits per heavy atom. The van der Waals surface area contributed by atoms with Gasteiger partial charge in [-0.3, -0.25) is 9.69 Å². The molecule has 7 heteroatoms. The topological polar surface area (TPSA) is 66.6 Å². The molecule has 6 nitrogen and oxygen atoms in total. The third-order valence-electron chi connectivity index (χ3n) is 5.59. The Morgan fingerprint density at radius 2 is 1.83 bits per heavy atom. The second-order valence-corrected chi connectivity index (χ2v) is 7.49. The molecule has 2 aromatic carbocycles. The van der Waals surface area contributed by atoms with Crippen LogP contribution in [0.25, 0.3) is 10.9 Å². The second kappa shape index (κ2) is 9.87. The van der Waals surface area contributed by atoms with E-state index in [-0.39, 0.29) is 24.4 Å². The first-order valence-electron chi connectivity index (χ1n) is 9.97. The fraction of sp³-hybridized carbons (Fsp3) is 0.348. The number of fused-ring (bicyclic) bond motifs is 1. The van der Waals surface area contributed by atoms with Crippen molar-refractivity contribution in [3.63, 3.8) is 0 Å². The SMILES string of the molecule is COc1ccc(CN2CCC(NC(=O)c3ccc4[nH]ccc4c3)CC2)cc1OC.Cl. The van der Waals surface area contributed by atoms with E-state index in [1.54, 1.807) is 14.2 Å². The van der Waals surface area contributed by atoms with Crippen molar-refractivity contribution in [2.45, 2.75) is 25.4 Å². The highest BCUT2D eigenvalue weighted by molar-refractivity contribution is 5.98. The molecule has 4 rings (SSSR count). The van der Waals surface area contributed by atoms with Crippen LogP contribution in [0.4, 0.5) is 0 Å². The number of carbonyl (C=O) groups excluding carboxylic acids is 1. The summed E-state index contributed by atoms with van der Waals surface area (Å²) in [6, 6.07) is 14.0. The number of halogens is 1. The van der Waals surface area contributed by atoms with E-state index in [9.17, 15) is 4.79 Å². The molecule has 0 unspecified atom stereocenters. The Labute approximate surface area is 183 Å². The van der Waals surface area contributed by atoms with Gasteiger partial charge in [-0.05, 0) is 54.8 Å². The van der Waals surface area contributed by atoms with E-state index in [2.05, 4.69) is 21.3 Å². The normalized spacial score (nSPS) is 14.9. The Hall–Kier alpha value is -2.70. The lowest BCUT2D eigenvalue weighted by molar-refractivity contribution is 0.0909. The van der Waals surface area contributed by atoms with Gasteiger partial charge in [0.2, 0.25) is 0 Å².